The van der Waals surface area contributed by atoms with Crippen molar-refractivity contribution >= 4 is 17.3 Å². The molecule has 6 nitrogen and oxygen atoms in total. The molecule has 3 N–H and O–H groups in total. The van der Waals surface area contributed by atoms with Crippen molar-refractivity contribution in [1.29, 1.82) is 0 Å². The highest BCUT2D eigenvalue weighted by Crippen LogP contribution is 2.30. The number of pyridine rings is 1. The summed E-state index contributed by atoms with van der Waals surface area (Å²) in [5, 5.41) is 14.7. The minimum Gasteiger partial charge on any atom is -0.396 e. The van der Waals surface area contributed by atoms with Gasteiger partial charge >= 0.3 is 0 Å². The predicted octanol–water partition coefficient (Wildman–Crippen LogP) is 2.41. The predicted molar refractivity (Wildman–Crippen MR) is 102 cm³/mol. The molecule has 1 aliphatic rings. The van der Waals surface area contributed by atoms with Crippen LogP contribution in [-0.2, 0) is 13.0 Å². The number of nitrogens with zero attached hydrogens (tertiary/aromatic N) is 1. The smallest absolute Gasteiger partial charge is 0.255 e. The minimum absolute atomic E-state index is 0.0225. The molecule has 0 aliphatic carbocycles. The van der Waals surface area contributed by atoms with E-state index in [1.165, 1.54) is 6.07 Å². The molecule has 2 aromatic rings. The summed E-state index contributed by atoms with van der Waals surface area (Å²) < 4.78 is 16.0. The zero-order valence-electron chi connectivity index (χ0n) is 15.6. The number of carbonyl (C=O) groups is 1. The second-order valence-corrected chi connectivity index (χ2v) is 6.82. The van der Waals surface area contributed by atoms with Gasteiger partial charge in [0.25, 0.3) is 11.5 Å². The first kappa shape index (κ1) is 19.1. The lowest BCUT2D eigenvalue weighted by Crippen LogP contribution is -2.32. The average molecular weight is 373 g/mol. The second-order valence-electron chi connectivity index (χ2n) is 6.82. The monoisotopic (exact) mass is 373 g/mol. The summed E-state index contributed by atoms with van der Waals surface area (Å²) in [7, 11) is 0. The molecule has 0 fully saturated rings. The van der Waals surface area contributed by atoms with Crippen molar-refractivity contribution in [2.24, 2.45) is 0 Å². The van der Waals surface area contributed by atoms with Gasteiger partial charge in [0.05, 0.1) is 16.9 Å². The number of nitrogens with one attached hydrogen (secondary N) is 2. The topological polar surface area (TPSA) is 83.4 Å². The number of hydrogen-bond donors (Lipinski definition) is 3. The summed E-state index contributed by atoms with van der Waals surface area (Å²) in [6.45, 7) is 4.31. The third kappa shape index (κ3) is 3.73. The molecule has 0 unspecified atom stereocenters. The van der Waals surface area contributed by atoms with Crippen molar-refractivity contribution in [2.45, 2.75) is 39.7 Å². The SMILES string of the molecule is Cc1ccc(Nc2c(C(=O)NCCCO)c3n(c(=O)c2C)CCC3)c(F)c1. The third-order valence-electron chi connectivity index (χ3n) is 4.83. The fourth-order valence-electron chi connectivity index (χ4n) is 3.43. The highest BCUT2D eigenvalue weighted by atomic mass is 19.1. The number of benzene rings is 1. The standard InChI is InChI=1S/C20H24FN3O3/c1-12-6-7-15(14(21)11-12)23-18-13(2)20(27)24-9-3-5-16(24)17(18)19(26)22-8-4-10-25/h6-7,11,23,25H,3-5,8-10H2,1-2H3,(H,22,26). The van der Waals surface area contributed by atoms with Crippen molar-refractivity contribution < 1.29 is 14.3 Å². The van der Waals surface area contributed by atoms with Crippen LogP contribution in [0.2, 0.25) is 0 Å². The van der Waals surface area contributed by atoms with Gasteiger partial charge in [0.1, 0.15) is 5.82 Å². The molecule has 144 valence electrons. The van der Waals surface area contributed by atoms with E-state index >= 15 is 0 Å². The first-order valence-electron chi connectivity index (χ1n) is 9.12. The molecule has 3 rings (SSSR count). The Morgan fingerprint density at radius 3 is 2.81 bits per heavy atom. The van der Waals surface area contributed by atoms with Gasteiger partial charge < -0.3 is 20.3 Å². The Balaban J connectivity index is 2.09. The first-order chi connectivity index (χ1) is 12.9. The van der Waals surface area contributed by atoms with Crippen molar-refractivity contribution in [3.63, 3.8) is 0 Å². The Hall–Kier alpha value is -2.67. The molecule has 1 aromatic carbocycles. The van der Waals surface area contributed by atoms with Crippen molar-refractivity contribution in [2.75, 3.05) is 18.5 Å². The van der Waals surface area contributed by atoms with Crippen LogP contribution in [-0.4, -0.2) is 28.7 Å². The Morgan fingerprint density at radius 2 is 2.11 bits per heavy atom. The first-order valence-corrected chi connectivity index (χ1v) is 9.12. The van der Waals surface area contributed by atoms with Crippen molar-refractivity contribution in [1.82, 2.24) is 9.88 Å². The molecule has 0 radical (unpaired) electrons. The second kappa shape index (κ2) is 7.92. The molecule has 0 saturated carbocycles. The fraction of sp³-hybridized carbons (Fsp3) is 0.400. The fourth-order valence-corrected chi connectivity index (χ4v) is 3.43. The summed E-state index contributed by atoms with van der Waals surface area (Å²) in [5.41, 5.74) is 2.61. The molecule has 0 spiro atoms. The quantitative estimate of drug-likeness (QED) is 0.679. The van der Waals surface area contributed by atoms with Crippen LogP contribution >= 0.6 is 0 Å². The van der Waals surface area contributed by atoms with Crippen LogP contribution < -0.4 is 16.2 Å². The maximum Gasteiger partial charge on any atom is 0.255 e. The molecule has 1 aliphatic heterocycles. The van der Waals surface area contributed by atoms with Crippen LogP contribution in [0.1, 0.15) is 40.0 Å². The number of rotatable bonds is 6. The number of fused-ring (bicyclic) bond motifs is 1. The van der Waals surface area contributed by atoms with Crippen LogP contribution in [0.5, 0.6) is 0 Å². The average Bonchev–Trinajstić information content (AvgIpc) is 3.11. The van der Waals surface area contributed by atoms with E-state index in [4.69, 9.17) is 5.11 Å². The molecule has 0 atom stereocenters. The molecule has 2 heterocycles. The van der Waals surface area contributed by atoms with Crippen LogP contribution in [0.3, 0.4) is 0 Å². The van der Waals surface area contributed by atoms with E-state index in [0.29, 0.717) is 48.4 Å². The van der Waals surface area contributed by atoms with Crippen LogP contribution in [0, 0.1) is 19.7 Å². The number of aryl methyl sites for hydroxylation is 1. The number of aliphatic hydroxyl groups is 1. The Kier molecular flexibility index (Phi) is 5.60. The summed E-state index contributed by atoms with van der Waals surface area (Å²) in [4.78, 5) is 25.6. The van der Waals surface area contributed by atoms with E-state index in [1.807, 2.05) is 0 Å². The maximum absolute atomic E-state index is 14.3. The van der Waals surface area contributed by atoms with Crippen LogP contribution in [0.25, 0.3) is 0 Å². The zero-order valence-corrected chi connectivity index (χ0v) is 15.6. The third-order valence-corrected chi connectivity index (χ3v) is 4.83. The van der Waals surface area contributed by atoms with Gasteiger partial charge in [0.2, 0.25) is 0 Å². The van der Waals surface area contributed by atoms with Crippen molar-refractivity contribution in [3.8, 4) is 0 Å². The molecule has 7 heteroatoms. The van der Waals surface area contributed by atoms with Crippen LogP contribution in [0.15, 0.2) is 23.0 Å². The van der Waals surface area contributed by atoms with E-state index in [1.54, 1.807) is 30.5 Å². The van der Waals surface area contributed by atoms with E-state index < -0.39 is 5.82 Å². The van der Waals surface area contributed by atoms with Crippen LogP contribution in [0.4, 0.5) is 15.8 Å². The van der Waals surface area contributed by atoms with E-state index in [2.05, 4.69) is 10.6 Å². The summed E-state index contributed by atoms with van der Waals surface area (Å²) in [6.07, 6.45) is 1.84. The maximum atomic E-state index is 14.3. The lowest BCUT2D eigenvalue weighted by molar-refractivity contribution is 0.0950. The molecule has 1 amide bonds. The number of aromatic nitrogens is 1. The van der Waals surface area contributed by atoms with Gasteiger partial charge in [-0.1, -0.05) is 6.07 Å². The van der Waals surface area contributed by atoms with E-state index in [0.717, 1.165) is 12.0 Å². The highest BCUT2D eigenvalue weighted by Gasteiger charge is 2.27. The number of aliphatic hydroxyl groups excluding tert-OH is 1. The summed E-state index contributed by atoms with van der Waals surface area (Å²) >= 11 is 0. The lowest BCUT2D eigenvalue weighted by Gasteiger charge is -2.19. The summed E-state index contributed by atoms with van der Waals surface area (Å²) in [6, 6.07) is 4.77. The zero-order chi connectivity index (χ0) is 19.6. The van der Waals surface area contributed by atoms with Gasteiger partial charge in [0, 0.05) is 31.0 Å². The largest absolute Gasteiger partial charge is 0.396 e. The normalized spacial score (nSPS) is 12.7. The molecular formula is C20H24FN3O3. The molecular weight excluding hydrogens is 349 g/mol. The number of carbonyl (C=O) groups excluding carboxylic acids is 1. The Labute approximate surface area is 157 Å². The Morgan fingerprint density at radius 1 is 1.33 bits per heavy atom. The highest BCUT2D eigenvalue weighted by molar-refractivity contribution is 6.02. The minimum atomic E-state index is -0.443. The molecule has 1 aromatic heterocycles. The van der Waals surface area contributed by atoms with Gasteiger partial charge in [-0.3, -0.25) is 9.59 Å². The van der Waals surface area contributed by atoms with Gasteiger partial charge in [-0.05, 0) is 50.8 Å². The number of hydrogen-bond acceptors (Lipinski definition) is 4. The lowest BCUT2D eigenvalue weighted by atomic mass is 10.0. The number of halogens is 1. The molecule has 27 heavy (non-hydrogen) atoms. The van der Waals surface area contributed by atoms with Gasteiger partial charge in [-0.15, -0.1) is 0 Å². The van der Waals surface area contributed by atoms with E-state index in [-0.39, 0.29) is 23.8 Å². The van der Waals surface area contributed by atoms with Gasteiger partial charge in [-0.25, -0.2) is 4.39 Å². The number of anilines is 2. The molecule has 0 saturated heterocycles. The van der Waals surface area contributed by atoms with Gasteiger partial charge in [0.15, 0.2) is 0 Å². The number of amides is 1. The summed E-state index contributed by atoms with van der Waals surface area (Å²) in [5.74, 6) is -0.770. The van der Waals surface area contributed by atoms with E-state index in [9.17, 15) is 14.0 Å². The Bertz CT molecular complexity index is 937. The van der Waals surface area contributed by atoms with Crippen molar-refractivity contribution in [3.05, 3.63) is 56.8 Å². The van der Waals surface area contributed by atoms with Gasteiger partial charge in [-0.2, -0.15) is 0 Å². The molecule has 0 bridgehead atoms.